The van der Waals surface area contributed by atoms with Crippen LogP contribution in [0.2, 0.25) is 0 Å². The zero-order chi connectivity index (χ0) is 24.6. The van der Waals surface area contributed by atoms with Crippen LogP contribution in [-0.4, -0.2) is 52.0 Å². The number of nitrogens with zero attached hydrogens (tertiary/aromatic N) is 1. The van der Waals surface area contributed by atoms with Crippen molar-refractivity contribution in [3.05, 3.63) is 65.9 Å². The van der Waals surface area contributed by atoms with Gasteiger partial charge in [-0.25, -0.2) is 0 Å². The van der Waals surface area contributed by atoms with Crippen molar-refractivity contribution in [1.29, 1.82) is 0 Å². The number of para-hydroxylation sites is 2. The van der Waals surface area contributed by atoms with Crippen molar-refractivity contribution >= 4 is 22.7 Å². The Morgan fingerprint density at radius 3 is 2.60 bits per heavy atom. The second kappa shape index (κ2) is 9.04. The van der Waals surface area contributed by atoms with E-state index in [0.29, 0.717) is 19.5 Å². The number of amides is 2. The van der Waals surface area contributed by atoms with E-state index in [4.69, 9.17) is 10.5 Å². The first kappa shape index (κ1) is 23.4. The molecule has 3 heterocycles. The number of aromatic nitrogens is 1. The number of aryl methyl sites for hydroxylation is 1. The fourth-order valence-corrected chi connectivity index (χ4v) is 5.23. The van der Waals surface area contributed by atoms with Crippen molar-refractivity contribution in [2.75, 3.05) is 13.1 Å². The topological polar surface area (TPSA) is 100 Å². The molecule has 0 radical (unpaired) electrons. The van der Waals surface area contributed by atoms with Crippen LogP contribution in [0.15, 0.2) is 54.7 Å². The Labute approximate surface area is 206 Å². The molecule has 7 heteroatoms. The zero-order valence-corrected chi connectivity index (χ0v) is 20.5. The Morgan fingerprint density at radius 2 is 1.83 bits per heavy atom. The third-order valence-electron chi connectivity index (χ3n) is 7.42. The Balaban J connectivity index is 1.31. The van der Waals surface area contributed by atoms with Gasteiger partial charge in [0, 0.05) is 49.5 Å². The molecule has 2 aromatic carbocycles. The lowest BCUT2D eigenvalue weighted by atomic mass is 9.83. The van der Waals surface area contributed by atoms with Crippen LogP contribution in [0.4, 0.5) is 0 Å². The zero-order valence-electron chi connectivity index (χ0n) is 20.5. The predicted molar refractivity (Wildman–Crippen MR) is 136 cm³/mol. The quantitative estimate of drug-likeness (QED) is 0.528. The number of piperidine rings is 1. The van der Waals surface area contributed by atoms with Crippen molar-refractivity contribution in [1.82, 2.24) is 15.2 Å². The summed E-state index contributed by atoms with van der Waals surface area (Å²) in [5.74, 6) is 0.559. The van der Waals surface area contributed by atoms with E-state index in [1.165, 1.54) is 5.56 Å². The van der Waals surface area contributed by atoms with Crippen molar-refractivity contribution in [3.63, 3.8) is 0 Å². The van der Waals surface area contributed by atoms with Crippen molar-refractivity contribution in [2.45, 2.75) is 63.1 Å². The van der Waals surface area contributed by atoms with Gasteiger partial charge in [-0.1, -0.05) is 36.4 Å². The minimum atomic E-state index is -1.08. The average molecular weight is 475 g/mol. The van der Waals surface area contributed by atoms with Gasteiger partial charge >= 0.3 is 0 Å². The summed E-state index contributed by atoms with van der Waals surface area (Å²) in [5, 5.41) is 3.99. The summed E-state index contributed by atoms with van der Waals surface area (Å²) < 4.78 is 6.46. The van der Waals surface area contributed by atoms with Crippen molar-refractivity contribution in [3.8, 4) is 5.75 Å². The normalized spacial score (nSPS) is 18.1. The highest BCUT2D eigenvalue weighted by molar-refractivity contribution is 5.92. The van der Waals surface area contributed by atoms with E-state index in [-0.39, 0.29) is 17.4 Å². The summed E-state index contributed by atoms with van der Waals surface area (Å²) in [7, 11) is 0. The summed E-state index contributed by atoms with van der Waals surface area (Å²) in [6.07, 6.45) is 5.84. The number of hydrogen-bond acceptors (Lipinski definition) is 4. The number of benzene rings is 2. The largest absolute Gasteiger partial charge is 0.487 e. The third kappa shape index (κ3) is 4.78. The second-order valence-electron chi connectivity index (χ2n) is 10.5. The van der Waals surface area contributed by atoms with Gasteiger partial charge in [-0.3, -0.25) is 9.59 Å². The molecule has 1 fully saturated rings. The Morgan fingerprint density at radius 1 is 1.11 bits per heavy atom. The monoisotopic (exact) mass is 474 g/mol. The molecular weight excluding hydrogens is 440 g/mol. The van der Waals surface area contributed by atoms with Gasteiger partial charge in [0.05, 0.1) is 5.54 Å². The van der Waals surface area contributed by atoms with Crippen LogP contribution in [0.1, 0.15) is 44.2 Å². The van der Waals surface area contributed by atoms with Crippen LogP contribution in [0.25, 0.3) is 10.9 Å². The molecule has 4 N–H and O–H groups in total. The highest BCUT2D eigenvalue weighted by atomic mass is 16.5. The molecule has 1 aromatic heterocycles. The number of rotatable bonds is 5. The molecular formula is C28H34N4O3. The SMILES string of the molecule is CC(C)(N)C(=O)NC(Cc1c[nH]c2ccccc12)C(=O)N1CCC2(CCc3ccccc3O2)CC1. The fraction of sp³-hybridized carbons (Fsp3) is 0.429. The Hall–Kier alpha value is -3.32. The number of hydrogen-bond donors (Lipinski definition) is 3. The summed E-state index contributed by atoms with van der Waals surface area (Å²) >= 11 is 0. The average Bonchev–Trinajstić information content (AvgIpc) is 3.26. The molecule has 0 aliphatic carbocycles. The number of ether oxygens (including phenoxy) is 1. The van der Waals surface area contributed by atoms with Gasteiger partial charge in [0.15, 0.2) is 0 Å². The molecule has 2 aliphatic rings. The molecule has 7 nitrogen and oxygen atoms in total. The van der Waals surface area contributed by atoms with Gasteiger partial charge in [0.25, 0.3) is 0 Å². The standard InChI is InChI=1S/C28H34N4O3/c1-27(2,29)26(34)31-23(17-20-18-30-22-9-5-4-8-21(20)22)25(33)32-15-13-28(14-16-32)12-11-19-7-3-6-10-24(19)35-28/h3-10,18,23,30H,11-17,29H2,1-2H3,(H,31,34). The van der Waals surface area contributed by atoms with E-state index >= 15 is 0 Å². The summed E-state index contributed by atoms with van der Waals surface area (Å²) in [6.45, 7) is 4.51. The lowest BCUT2D eigenvalue weighted by Crippen LogP contribution is -2.59. The molecule has 1 unspecified atom stereocenters. The van der Waals surface area contributed by atoms with Crippen molar-refractivity contribution < 1.29 is 14.3 Å². The van der Waals surface area contributed by atoms with E-state index in [1.807, 2.05) is 53.6 Å². The maximum atomic E-state index is 13.7. The number of carbonyl (C=O) groups excluding carboxylic acids is 2. The Kier molecular flexibility index (Phi) is 6.05. The molecule has 2 aliphatic heterocycles. The highest BCUT2D eigenvalue weighted by Gasteiger charge is 2.41. The van der Waals surface area contributed by atoms with Crippen LogP contribution in [0.5, 0.6) is 5.75 Å². The second-order valence-corrected chi connectivity index (χ2v) is 10.5. The van der Waals surface area contributed by atoms with Crippen LogP contribution in [0, 0.1) is 0 Å². The van der Waals surface area contributed by atoms with E-state index < -0.39 is 11.6 Å². The first-order chi connectivity index (χ1) is 16.7. The molecule has 1 atom stereocenters. The van der Waals surface area contributed by atoms with Crippen LogP contribution in [0.3, 0.4) is 0 Å². The minimum Gasteiger partial charge on any atom is -0.487 e. The fourth-order valence-electron chi connectivity index (χ4n) is 5.23. The number of H-pyrrole nitrogens is 1. The lowest BCUT2D eigenvalue weighted by Gasteiger charge is -2.45. The molecule has 3 aromatic rings. The molecule has 0 saturated carbocycles. The number of aromatic amines is 1. The molecule has 2 amide bonds. The molecule has 35 heavy (non-hydrogen) atoms. The van der Waals surface area contributed by atoms with Gasteiger partial charge in [-0.05, 0) is 49.9 Å². The highest BCUT2D eigenvalue weighted by Crippen LogP contribution is 2.39. The summed E-state index contributed by atoms with van der Waals surface area (Å²) in [5.41, 5.74) is 8.00. The summed E-state index contributed by atoms with van der Waals surface area (Å²) in [6, 6.07) is 15.5. The first-order valence-electron chi connectivity index (χ1n) is 12.4. The molecule has 1 spiro atoms. The maximum Gasteiger partial charge on any atom is 0.245 e. The van der Waals surface area contributed by atoms with Crippen LogP contribution < -0.4 is 15.8 Å². The lowest BCUT2D eigenvalue weighted by molar-refractivity contribution is -0.140. The van der Waals surface area contributed by atoms with E-state index in [0.717, 1.165) is 47.9 Å². The Bertz CT molecular complexity index is 1230. The van der Waals surface area contributed by atoms with Crippen LogP contribution in [-0.2, 0) is 22.4 Å². The predicted octanol–water partition coefficient (Wildman–Crippen LogP) is 3.32. The molecule has 0 bridgehead atoms. The van der Waals surface area contributed by atoms with Gasteiger partial charge in [0.2, 0.25) is 11.8 Å². The minimum absolute atomic E-state index is 0.0704. The van der Waals surface area contributed by atoms with Crippen LogP contribution >= 0.6 is 0 Å². The van der Waals surface area contributed by atoms with E-state index in [1.54, 1.807) is 13.8 Å². The molecule has 184 valence electrons. The summed E-state index contributed by atoms with van der Waals surface area (Å²) in [4.78, 5) is 31.6. The van der Waals surface area contributed by atoms with E-state index in [9.17, 15) is 9.59 Å². The van der Waals surface area contributed by atoms with Gasteiger partial charge in [0.1, 0.15) is 17.4 Å². The van der Waals surface area contributed by atoms with Crippen molar-refractivity contribution in [2.24, 2.45) is 5.73 Å². The number of nitrogens with two attached hydrogens (primary N) is 1. The maximum absolute atomic E-state index is 13.7. The number of carbonyl (C=O) groups is 2. The number of likely N-dealkylation sites (tertiary alicyclic amines) is 1. The van der Waals surface area contributed by atoms with Gasteiger partial charge < -0.3 is 25.7 Å². The van der Waals surface area contributed by atoms with Gasteiger partial charge in [-0.2, -0.15) is 0 Å². The van der Waals surface area contributed by atoms with Gasteiger partial charge in [-0.15, -0.1) is 0 Å². The van der Waals surface area contributed by atoms with E-state index in [2.05, 4.69) is 16.4 Å². The smallest absolute Gasteiger partial charge is 0.245 e. The molecule has 5 rings (SSSR count). The number of nitrogens with one attached hydrogen (secondary N) is 2. The number of fused-ring (bicyclic) bond motifs is 2. The first-order valence-corrected chi connectivity index (χ1v) is 12.4. The third-order valence-corrected chi connectivity index (χ3v) is 7.42. The molecule has 1 saturated heterocycles.